The number of Topliss-reactive ketones (excluding diaryl/α,β-unsaturated/α-hetero) is 2. The fourth-order valence-electron chi connectivity index (χ4n) is 7.48. The lowest BCUT2D eigenvalue weighted by atomic mass is 9.86. The van der Waals surface area contributed by atoms with E-state index in [-0.39, 0.29) is 48.1 Å². The summed E-state index contributed by atoms with van der Waals surface area (Å²) in [7, 11) is 0. The fraction of sp³-hybridized carbons (Fsp3) is 0.486. The maximum absolute atomic E-state index is 14.3. The van der Waals surface area contributed by atoms with Crippen molar-refractivity contribution in [3.63, 3.8) is 0 Å². The SMILES string of the molecule is CC(=O)c1nn(CC(=O)N2[C@H]3C[C@@]4(CNC(=O)C(C)(C)CCCOCc5ccc(C)nc5CC3=O)C[C@@H]24)c2cnc(-c3cnc(C)nc3)cc12. The second-order valence-corrected chi connectivity index (χ2v) is 14.7. The normalized spacial score (nSPS) is 23.7. The smallest absolute Gasteiger partial charge is 0.245 e. The number of aromatic nitrogens is 6. The number of likely N-dealkylation sites (tertiary alicyclic amines) is 1. The molecule has 260 valence electrons. The Kier molecular flexibility index (Phi) is 8.57. The molecule has 1 spiro atoms. The molecule has 0 radical (unpaired) electrons. The number of piperidine rings is 1. The summed E-state index contributed by atoms with van der Waals surface area (Å²) in [5.74, 6) is -0.0597. The first-order valence-electron chi connectivity index (χ1n) is 17.2. The lowest BCUT2D eigenvalue weighted by Crippen LogP contribution is -2.45. The van der Waals surface area contributed by atoms with Crippen LogP contribution >= 0.6 is 0 Å². The van der Waals surface area contributed by atoms with Crippen molar-refractivity contribution in [2.45, 2.75) is 92.0 Å². The topological polar surface area (TPSA) is 162 Å². The molecule has 50 heavy (non-hydrogen) atoms. The van der Waals surface area contributed by atoms with Crippen molar-refractivity contribution in [2.75, 3.05) is 13.2 Å². The van der Waals surface area contributed by atoms with Crippen molar-refractivity contribution in [2.24, 2.45) is 10.8 Å². The number of ketones is 2. The molecule has 2 aliphatic heterocycles. The lowest BCUT2D eigenvalue weighted by molar-refractivity contribution is -0.139. The van der Waals surface area contributed by atoms with E-state index in [1.807, 2.05) is 32.9 Å². The molecule has 7 rings (SSSR count). The van der Waals surface area contributed by atoms with Crippen LogP contribution in [0.15, 0.2) is 36.8 Å². The Bertz CT molecular complexity index is 2020. The Morgan fingerprint density at radius 3 is 2.60 bits per heavy atom. The van der Waals surface area contributed by atoms with Crippen LogP contribution in [0.5, 0.6) is 0 Å². The number of pyridine rings is 2. The number of carbonyl (C=O) groups excluding carboxylic acids is 4. The van der Waals surface area contributed by atoms with Crippen molar-refractivity contribution in [1.29, 1.82) is 0 Å². The highest BCUT2D eigenvalue weighted by molar-refractivity contribution is 6.05. The number of rotatable bonds is 4. The monoisotopic (exact) mass is 678 g/mol. The molecule has 3 atom stereocenters. The van der Waals surface area contributed by atoms with Crippen LogP contribution < -0.4 is 5.32 Å². The molecule has 13 heteroatoms. The molecular weight excluding hydrogens is 636 g/mol. The van der Waals surface area contributed by atoms with E-state index in [2.05, 4.69) is 25.4 Å². The summed E-state index contributed by atoms with van der Waals surface area (Å²) < 4.78 is 7.47. The minimum atomic E-state index is -0.699. The summed E-state index contributed by atoms with van der Waals surface area (Å²) in [5.41, 5.74) is 3.32. The molecule has 2 amide bonds. The van der Waals surface area contributed by atoms with Gasteiger partial charge in [-0.25, -0.2) is 9.97 Å². The van der Waals surface area contributed by atoms with Gasteiger partial charge in [-0.2, -0.15) is 5.10 Å². The molecule has 4 aromatic rings. The van der Waals surface area contributed by atoms with Crippen molar-refractivity contribution in [3.8, 4) is 11.3 Å². The van der Waals surface area contributed by atoms with Gasteiger partial charge >= 0.3 is 0 Å². The number of carbonyl (C=O) groups is 4. The zero-order chi connectivity index (χ0) is 35.4. The predicted octanol–water partition coefficient (Wildman–Crippen LogP) is 3.73. The molecular formula is C37H42N8O5. The zero-order valence-electron chi connectivity index (χ0n) is 29.2. The van der Waals surface area contributed by atoms with Crippen LogP contribution in [0.2, 0.25) is 0 Å². The molecule has 1 N–H and O–H groups in total. The molecule has 0 aromatic carbocycles. The first-order valence-corrected chi connectivity index (χ1v) is 17.2. The third-order valence-corrected chi connectivity index (χ3v) is 10.5. The van der Waals surface area contributed by atoms with Gasteiger partial charge in [0, 0.05) is 66.0 Å². The predicted molar refractivity (Wildman–Crippen MR) is 183 cm³/mol. The minimum absolute atomic E-state index is 0.0499. The van der Waals surface area contributed by atoms with E-state index in [9.17, 15) is 19.2 Å². The summed E-state index contributed by atoms with van der Waals surface area (Å²) >= 11 is 0. The van der Waals surface area contributed by atoms with Crippen LogP contribution in [-0.4, -0.2) is 83.2 Å². The van der Waals surface area contributed by atoms with E-state index in [0.717, 1.165) is 17.7 Å². The number of amides is 2. The Morgan fingerprint density at radius 1 is 1.06 bits per heavy atom. The van der Waals surface area contributed by atoms with Gasteiger partial charge in [-0.3, -0.25) is 33.8 Å². The fourth-order valence-corrected chi connectivity index (χ4v) is 7.48. The van der Waals surface area contributed by atoms with Crippen LogP contribution in [0.4, 0.5) is 0 Å². The second kappa shape index (κ2) is 12.8. The van der Waals surface area contributed by atoms with Gasteiger partial charge in [0.2, 0.25) is 11.8 Å². The zero-order valence-corrected chi connectivity index (χ0v) is 29.2. The Labute approximate surface area is 290 Å². The molecule has 1 saturated carbocycles. The maximum Gasteiger partial charge on any atom is 0.245 e. The number of hydrogen-bond donors (Lipinski definition) is 1. The van der Waals surface area contributed by atoms with E-state index in [4.69, 9.17) is 9.72 Å². The van der Waals surface area contributed by atoms with Crippen molar-refractivity contribution in [1.82, 2.24) is 39.9 Å². The molecule has 0 unspecified atom stereocenters. The Hall–Kier alpha value is -4.91. The molecule has 2 fully saturated rings. The number of hydrogen-bond acceptors (Lipinski definition) is 10. The highest BCUT2D eigenvalue weighted by Gasteiger charge is 2.67. The Balaban J connectivity index is 1.21. The van der Waals surface area contributed by atoms with Gasteiger partial charge in [0.1, 0.15) is 18.1 Å². The number of fused-ring (bicyclic) bond motifs is 3. The van der Waals surface area contributed by atoms with Crippen LogP contribution in [0.25, 0.3) is 22.2 Å². The van der Waals surface area contributed by atoms with Gasteiger partial charge in [0.25, 0.3) is 0 Å². The third-order valence-electron chi connectivity index (χ3n) is 10.5. The van der Waals surface area contributed by atoms with E-state index >= 15 is 0 Å². The molecule has 3 aliphatic rings. The Morgan fingerprint density at radius 2 is 1.84 bits per heavy atom. The van der Waals surface area contributed by atoms with E-state index < -0.39 is 16.9 Å². The van der Waals surface area contributed by atoms with Crippen molar-refractivity contribution in [3.05, 3.63) is 65.3 Å². The summed E-state index contributed by atoms with van der Waals surface area (Å²) in [6.45, 7) is 9.98. The number of nitrogens with one attached hydrogen (secondary N) is 1. The number of ether oxygens (including phenoxy) is 1. The number of nitrogens with zero attached hydrogens (tertiary/aromatic N) is 7. The van der Waals surface area contributed by atoms with Crippen LogP contribution in [0.3, 0.4) is 0 Å². The van der Waals surface area contributed by atoms with Gasteiger partial charge in [-0.05, 0) is 57.2 Å². The quantitative estimate of drug-likeness (QED) is 0.315. The molecule has 4 aromatic heterocycles. The van der Waals surface area contributed by atoms with E-state index in [1.54, 1.807) is 36.5 Å². The van der Waals surface area contributed by atoms with Gasteiger partial charge in [-0.15, -0.1) is 0 Å². The lowest BCUT2D eigenvalue weighted by Gasteiger charge is -2.27. The maximum atomic E-state index is 14.3. The summed E-state index contributed by atoms with van der Waals surface area (Å²) in [6.07, 6.45) is 7.52. The average molecular weight is 679 g/mol. The average Bonchev–Trinajstić information content (AvgIpc) is 3.50. The van der Waals surface area contributed by atoms with Gasteiger partial charge in [0.15, 0.2) is 11.6 Å². The molecule has 13 nitrogen and oxygen atoms in total. The van der Waals surface area contributed by atoms with Crippen molar-refractivity contribution >= 4 is 34.3 Å². The van der Waals surface area contributed by atoms with E-state index in [1.165, 1.54) is 11.6 Å². The van der Waals surface area contributed by atoms with Gasteiger partial charge in [0.05, 0.1) is 42.2 Å². The van der Waals surface area contributed by atoms with E-state index in [0.29, 0.717) is 72.7 Å². The molecule has 1 saturated heterocycles. The first kappa shape index (κ1) is 33.6. The van der Waals surface area contributed by atoms with Crippen molar-refractivity contribution < 1.29 is 23.9 Å². The number of aryl methyl sites for hydroxylation is 2. The molecule has 1 aliphatic carbocycles. The standard InChI is InChI=1S/C37H42N8O5/c1-21-7-8-24-19-50-10-6-9-36(4,5)35(49)41-20-37-13-29(31(47)12-28(24)42-21)45(32(37)14-37)33(48)18-44-30-17-40-27(25-15-38-23(3)39-16-25)11-26(30)34(43-44)22(2)46/h7-8,11,15-17,29,32H,6,9-10,12-14,18-20H2,1-5H3,(H,41,49)/t29-,32+,37-/m0/s1. The van der Waals surface area contributed by atoms with Gasteiger partial charge in [-0.1, -0.05) is 19.9 Å². The van der Waals surface area contributed by atoms with Crippen LogP contribution in [0.1, 0.15) is 79.7 Å². The van der Waals surface area contributed by atoms with Crippen LogP contribution in [-0.2, 0) is 38.7 Å². The molecule has 6 heterocycles. The second-order valence-electron chi connectivity index (χ2n) is 14.7. The highest BCUT2D eigenvalue weighted by Crippen LogP contribution is 2.59. The first-order chi connectivity index (χ1) is 23.8. The largest absolute Gasteiger partial charge is 0.377 e. The summed E-state index contributed by atoms with van der Waals surface area (Å²) in [4.78, 5) is 74.1. The minimum Gasteiger partial charge on any atom is -0.377 e. The summed E-state index contributed by atoms with van der Waals surface area (Å²) in [5, 5.41) is 8.29. The summed E-state index contributed by atoms with van der Waals surface area (Å²) in [6, 6.07) is 4.71. The van der Waals surface area contributed by atoms with Gasteiger partial charge < -0.3 is 15.0 Å². The highest BCUT2D eigenvalue weighted by atomic mass is 16.5. The van der Waals surface area contributed by atoms with Crippen LogP contribution in [0, 0.1) is 24.7 Å². The third kappa shape index (κ3) is 6.30. The molecule has 2 bridgehead atoms.